The highest BCUT2D eigenvalue weighted by Gasteiger charge is 2.39. The van der Waals surface area contributed by atoms with Gasteiger partial charge in [0.15, 0.2) is 0 Å². The third-order valence-electron chi connectivity index (χ3n) is 3.48. The summed E-state index contributed by atoms with van der Waals surface area (Å²) >= 11 is 5.77. The predicted molar refractivity (Wildman–Crippen MR) is 71.0 cm³/mol. The Bertz CT molecular complexity index is 342. The molecule has 0 aromatic carbocycles. The van der Waals surface area contributed by atoms with Gasteiger partial charge in [-0.1, -0.05) is 17.7 Å². The van der Waals surface area contributed by atoms with E-state index < -0.39 is 0 Å². The van der Waals surface area contributed by atoms with Gasteiger partial charge in [-0.3, -0.25) is 0 Å². The van der Waals surface area contributed by atoms with Crippen molar-refractivity contribution in [3.05, 3.63) is 29.0 Å². The predicted octanol–water partition coefficient (Wildman–Crippen LogP) is 3.19. The Morgan fingerprint density at radius 1 is 1.25 bits per heavy atom. The van der Waals surface area contributed by atoms with Gasteiger partial charge in [0, 0.05) is 24.2 Å². The first-order chi connectivity index (χ1) is 6.83. The van der Waals surface area contributed by atoms with Crippen LogP contribution in [0.25, 0.3) is 0 Å². The third kappa shape index (κ3) is 2.45. The normalized spacial score (nSPS) is 30.7. The van der Waals surface area contributed by atoms with Crippen molar-refractivity contribution in [3.63, 3.8) is 0 Å². The van der Waals surface area contributed by atoms with Gasteiger partial charge in [-0.15, -0.1) is 24.8 Å². The Labute approximate surface area is 113 Å². The lowest BCUT2D eigenvalue weighted by atomic mass is 9.85. The Balaban J connectivity index is 0.000000640. The minimum Gasteiger partial charge on any atom is -0.311 e. The maximum atomic E-state index is 5.77. The second-order valence-electron chi connectivity index (χ2n) is 4.30. The van der Waals surface area contributed by atoms with Gasteiger partial charge in [-0.05, 0) is 30.9 Å². The summed E-state index contributed by atoms with van der Waals surface area (Å²) in [6.07, 6.45) is 5.86. The zero-order chi connectivity index (χ0) is 9.54. The van der Waals surface area contributed by atoms with Crippen LogP contribution >= 0.6 is 36.4 Å². The highest BCUT2D eigenvalue weighted by molar-refractivity contribution is 6.29. The van der Waals surface area contributed by atoms with Crippen molar-refractivity contribution in [2.24, 2.45) is 0 Å². The molecule has 2 aliphatic heterocycles. The van der Waals surface area contributed by atoms with E-state index in [1.165, 1.54) is 24.8 Å². The lowest BCUT2D eigenvalue weighted by Gasteiger charge is -2.19. The first-order valence-electron chi connectivity index (χ1n) is 5.20. The molecule has 0 radical (unpaired) electrons. The number of aromatic nitrogens is 1. The van der Waals surface area contributed by atoms with Crippen LogP contribution in [0.2, 0.25) is 5.15 Å². The first-order valence-corrected chi connectivity index (χ1v) is 5.58. The molecule has 3 atom stereocenters. The second-order valence-corrected chi connectivity index (χ2v) is 4.69. The molecule has 2 unspecified atom stereocenters. The van der Waals surface area contributed by atoms with Gasteiger partial charge >= 0.3 is 0 Å². The number of halogens is 3. The lowest BCUT2D eigenvalue weighted by molar-refractivity contribution is 0.505. The van der Waals surface area contributed by atoms with E-state index in [1.54, 1.807) is 0 Å². The topological polar surface area (TPSA) is 24.9 Å². The molecule has 3 rings (SSSR count). The Hall–Kier alpha value is -0.0200. The van der Waals surface area contributed by atoms with Gasteiger partial charge in [0.05, 0.1) is 0 Å². The quantitative estimate of drug-likeness (QED) is 0.800. The van der Waals surface area contributed by atoms with Gasteiger partial charge in [-0.2, -0.15) is 0 Å². The van der Waals surface area contributed by atoms with Crippen LogP contribution in [0.3, 0.4) is 0 Å². The van der Waals surface area contributed by atoms with E-state index in [9.17, 15) is 0 Å². The van der Waals surface area contributed by atoms with E-state index in [2.05, 4.69) is 16.4 Å². The minimum atomic E-state index is 0. The average molecular weight is 282 g/mol. The van der Waals surface area contributed by atoms with Crippen LogP contribution in [0.15, 0.2) is 18.3 Å². The summed E-state index contributed by atoms with van der Waals surface area (Å²) in [4.78, 5) is 4.14. The summed E-state index contributed by atoms with van der Waals surface area (Å²) in [6, 6.07) is 5.44. The Kier molecular flexibility index (Phi) is 4.87. The fourth-order valence-electron chi connectivity index (χ4n) is 2.80. The van der Waals surface area contributed by atoms with Gasteiger partial charge in [0.1, 0.15) is 5.15 Å². The molecule has 2 fully saturated rings. The average Bonchev–Trinajstić information content (AvgIpc) is 2.80. The van der Waals surface area contributed by atoms with Crippen molar-refractivity contribution in [2.45, 2.75) is 37.3 Å². The first kappa shape index (κ1) is 14.0. The molecule has 0 saturated carbocycles. The molecule has 90 valence electrons. The van der Waals surface area contributed by atoms with Crippen LogP contribution in [0.5, 0.6) is 0 Å². The SMILES string of the molecule is Cl.Cl.Clc1ccc([C@H]2CC3CCC2N3)cn1. The molecule has 3 heterocycles. The Morgan fingerprint density at radius 3 is 2.56 bits per heavy atom. The summed E-state index contributed by atoms with van der Waals surface area (Å²) < 4.78 is 0. The molecular formula is C11H15Cl3N2. The molecule has 1 aromatic heterocycles. The standard InChI is InChI=1S/C11H13ClN2.2ClH/c12-11-4-1-7(6-13-11)9-5-8-2-3-10(9)14-8;;/h1,4,6,8-10,14H,2-3,5H2;2*1H/t8?,9-,10?;;/m1../s1. The smallest absolute Gasteiger partial charge is 0.129 e. The molecule has 0 aliphatic carbocycles. The number of fused-ring (bicyclic) bond motifs is 2. The summed E-state index contributed by atoms with van der Waals surface area (Å²) in [5.41, 5.74) is 1.34. The maximum Gasteiger partial charge on any atom is 0.129 e. The molecule has 2 saturated heterocycles. The molecule has 0 amide bonds. The number of nitrogens with zero attached hydrogens (tertiary/aromatic N) is 1. The minimum absolute atomic E-state index is 0. The van der Waals surface area contributed by atoms with E-state index in [4.69, 9.17) is 11.6 Å². The van der Waals surface area contributed by atoms with Crippen LogP contribution in [0, 0.1) is 0 Å². The molecule has 1 aromatic rings. The highest BCUT2D eigenvalue weighted by atomic mass is 35.5. The fraction of sp³-hybridized carbons (Fsp3) is 0.545. The molecular weight excluding hydrogens is 266 g/mol. The van der Waals surface area contributed by atoms with Crippen molar-refractivity contribution in [2.75, 3.05) is 0 Å². The van der Waals surface area contributed by atoms with Crippen molar-refractivity contribution in [3.8, 4) is 0 Å². The molecule has 16 heavy (non-hydrogen) atoms. The largest absolute Gasteiger partial charge is 0.311 e. The summed E-state index contributed by atoms with van der Waals surface area (Å²) in [7, 11) is 0. The van der Waals surface area contributed by atoms with Crippen molar-refractivity contribution in [1.29, 1.82) is 0 Å². The van der Waals surface area contributed by atoms with E-state index in [0.29, 0.717) is 17.1 Å². The van der Waals surface area contributed by atoms with E-state index in [-0.39, 0.29) is 24.8 Å². The molecule has 5 heteroatoms. The van der Waals surface area contributed by atoms with Gasteiger partial charge in [0.25, 0.3) is 0 Å². The molecule has 2 nitrogen and oxygen atoms in total. The number of nitrogens with one attached hydrogen (secondary N) is 1. The number of hydrogen-bond acceptors (Lipinski definition) is 2. The van der Waals surface area contributed by atoms with Crippen LogP contribution in [-0.2, 0) is 0 Å². The van der Waals surface area contributed by atoms with E-state index in [1.807, 2.05) is 12.3 Å². The molecule has 1 N–H and O–H groups in total. The van der Waals surface area contributed by atoms with Crippen LogP contribution < -0.4 is 5.32 Å². The maximum absolute atomic E-state index is 5.77. The molecule has 0 spiro atoms. The van der Waals surface area contributed by atoms with Crippen LogP contribution in [0.1, 0.15) is 30.7 Å². The Morgan fingerprint density at radius 2 is 2.06 bits per heavy atom. The monoisotopic (exact) mass is 280 g/mol. The lowest BCUT2D eigenvalue weighted by Crippen LogP contribution is -2.21. The van der Waals surface area contributed by atoms with Crippen molar-refractivity contribution in [1.82, 2.24) is 10.3 Å². The molecule has 2 bridgehead atoms. The summed E-state index contributed by atoms with van der Waals surface area (Å²) in [5.74, 6) is 0.665. The van der Waals surface area contributed by atoms with Gasteiger partial charge < -0.3 is 5.32 Å². The summed E-state index contributed by atoms with van der Waals surface area (Å²) in [5, 5.41) is 4.22. The highest BCUT2D eigenvalue weighted by Crippen LogP contribution is 2.39. The number of rotatable bonds is 1. The van der Waals surface area contributed by atoms with Gasteiger partial charge in [-0.25, -0.2) is 4.98 Å². The number of pyridine rings is 1. The fourth-order valence-corrected chi connectivity index (χ4v) is 2.91. The third-order valence-corrected chi connectivity index (χ3v) is 3.70. The van der Waals surface area contributed by atoms with Crippen LogP contribution in [0.4, 0.5) is 0 Å². The zero-order valence-corrected chi connectivity index (χ0v) is 11.1. The van der Waals surface area contributed by atoms with Crippen molar-refractivity contribution < 1.29 is 0 Å². The van der Waals surface area contributed by atoms with Crippen LogP contribution in [-0.4, -0.2) is 17.1 Å². The van der Waals surface area contributed by atoms with Gasteiger partial charge in [0.2, 0.25) is 0 Å². The molecule has 2 aliphatic rings. The zero-order valence-electron chi connectivity index (χ0n) is 8.73. The van der Waals surface area contributed by atoms with E-state index >= 15 is 0 Å². The van der Waals surface area contributed by atoms with Crippen molar-refractivity contribution >= 4 is 36.4 Å². The summed E-state index contributed by atoms with van der Waals surface area (Å²) in [6.45, 7) is 0. The second kappa shape index (κ2) is 5.54. The van der Waals surface area contributed by atoms with E-state index in [0.717, 1.165) is 6.04 Å². The number of hydrogen-bond donors (Lipinski definition) is 1.